The molecule has 0 saturated carbocycles. The van der Waals surface area contributed by atoms with E-state index in [4.69, 9.17) is 13.3 Å². The zero-order chi connectivity index (χ0) is 15.1. The lowest BCUT2D eigenvalue weighted by Crippen LogP contribution is -2.45. The zero-order valence-corrected chi connectivity index (χ0v) is 15.9. The van der Waals surface area contributed by atoms with E-state index in [2.05, 4.69) is 36.7 Å². The Morgan fingerprint density at radius 2 is 1.20 bits per heavy atom. The molecule has 0 saturated heterocycles. The van der Waals surface area contributed by atoms with Crippen LogP contribution in [0.1, 0.15) is 59.3 Å². The van der Waals surface area contributed by atoms with E-state index in [1.807, 2.05) is 11.8 Å². The molecule has 3 nitrogen and oxygen atoms in total. The highest BCUT2D eigenvalue weighted by Crippen LogP contribution is 2.15. The third-order valence-corrected chi connectivity index (χ3v) is 5.65. The molecule has 0 aliphatic heterocycles. The van der Waals surface area contributed by atoms with Crippen LogP contribution in [-0.2, 0) is 13.3 Å². The van der Waals surface area contributed by atoms with Gasteiger partial charge in [0.15, 0.2) is 0 Å². The highest BCUT2D eigenvalue weighted by Gasteiger charge is 2.38. The van der Waals surface area contributed by atoms with Gasteiger partial charge < -0.3 is 13.3 Å². The summed E-state index contributed by atoms with van der Waals surface area (Å²) in [5.41, 5.74) is 2.03. The number of rotatable bonds is 14. The van der Waals surface area contributed by atoms with Gasteiger partial charge in [0.1, 0.15) is 0 Å². The summed E-state index contributed by atoms with van der Waals surface area (Å²) in [6.07, 6.45) is 8.54. The molecule has 20 heavy (non-hydrogen) atoms. The number of alkyl halides is 1. The molecule has 0 aliphatic rings. The topological polar surface area (TPSA) is 27.7 Å². The lowest BCUT2D eigenvalue weighted by Gasteiger charge is -2.27. The molecule has 0 unspecified atom stereocenters. The Labute approximate surface area is 134 Å². The minimum absolute atomic E-state index is 0.716. The number of allylic oxidation sites excluding steroid dienone is 1. The average Bonchev–Trinajstić information content (AvgIpc) is 2.46. The maximum atomic E-state index is 6.05. The van der Waals surface area contributed by atoms with E-state index >= 15 is 0 Å². The van der Waals surface area contributed by atoms with Gasteiger partial charge in [0, 0.05) is 25.2 Å². The Morgan fingerprint density at radius 3 is 1.50 bits per heavy atom. The lowest BCUT2D eigenvalue weighted by atomic mass is 10.4. The highest BCUT2D eigenvalue weighted by atomic mass is 79.9. The van der Waals surface area contributed by atoms with Crippen molar-refractivity contribution in [2.75, 3.05) is 25.2 Å². The predicted molar refractivity (Wildman–Crippen MR) is 91.3 cm³/mol. The van der Waals surface area contributed by atoms with E-state index in [1.54, 1.807) is 0 Å². The van der Waals surface area contributed by atoms with E-state index in [0.29, 0.717) is 19.8 Å². The molecule has 0 radical (unpaired) electrons. The van der Waals surface area contributed by atoms with Crippen molar-refractivity contribution in [2.45, 2.75) is 59.3 Å². The molecular formula is C15H31BrO3Si. The summed E-state index contributed by atoms with van der Waals surface area (Å²) in [5, 5.41) is 0.799. The Hall–Kier alpha value is 0.317. The standard InChI is InChI=1S/C15H31BrO3Si/c1-4-7-12-17-20(15-10-11-16,18-13-8-5-2)19-14-9-6-3/h10,15H,4-9,11-14H2,1-3H3. The van der Waals surface area contributed by atoms with Crippen molar-refractivity contribution in [1.82, 2.24) is 0 Å². The highest BCUT2D eigenvalue weighted by molar-refractivity contribution is 9.09. The number of halogens is 1. The van der Waals surface area contributed by atoms with Crippen LogP contribution in [0.2, 0.25) is 0 Å². The van der Waals surface area contributed by atoms with Crippen molar-refractivity contribution in [2.24, 2.45) is 0 Å². The molecule has 0 aromatic carbocycles. The minimum atomic E-state index is -2.64. The van der Waals surface area contributed by atoms with Crippen molar-refractivity contribution < 1.29 is 13.3 Å². The first-order valence-corrected chi connectivity index (χ1v) is 10.8. The molecule has 0 amide bonds. The molecule has 0 bridgehead atoms. The fourth-order valence-electron chi connectivity index (χ4n) is 1.53. The summed E-state index contributed by atoms with van der Waals surface area (Å²) >= 11 is 3.42. The van der Waals surface area contributed by atoms with Crippen LogP contribution in [0.4, 0.5) is 0 Å². The molecule has 0 rings (SSSR count). The lowest BCUT2D eigenvalue weighted by molar-refractivity contribution is 0.0684. The molecule has 0 aromatic rings. The number of hydrogen-bond acceptors (Lipinski definition) is 3. The van der Waals surface area contributed by atoms with E-state index in [-0.39, 0.29) is 0 Å². The SMILES string of the molecule is CCCCO[Si](C=CCBr)(OCCCC)OCCCC. The van der Waals surface area contributed by atoms with Gasteiger partial charge >= 0.3 is 8.80 Å². The molecule has 0 fully saturated rings. The summed E-state index contributed by atoms with van der Waals surface area (Å²) < 4.78 is 18.2. The van der Waals surface area contributed by atoms with Gasteiger partial charge in [-0.2, -0.15) is 0 Å². The zero-order valence-electron chi connectivity index (χ0n) is 13.3. The van der Waals surface area contributed by atoms with E-state index < -0.39 is 8.80 Å². The van der Waals surface area contributed by atoms with E-state index in [1.165, 1.54) is 0 Å². The average molecular weight is 367 g/mol. The quantitative estimate of drug-likeness (QED) is 0.249. The molecule has 0 heterocycles. The Bertz CT molecular complexity index is 211. The normalized spacial score (nSPS) is 12.4. The summed E-state index contributed by atoms with van der Waals surface area (Å²) in [6.45, 7) is 8.64. The van der Waals surface area contributed by atoms with Gasteiger partial charge in [-0.15, -0.1) is 0 Å². The first-order chi connectivity index (χ1) is 9.74. The van der Waals surface area contributed by atoms with Gasteiger partial charge in [-0.3, -0.25) is 0 Å². The van der Waals surface area contributed by atoms with Gasteiger partial charge in [0.05, 0.1) is 0 Å². The van der Waals surface area contributed by atoms with Crippen LogP contribution in [0.15, 0.2) is 11.8 Å². The van der Waals surface area contributed by atoms with Crippen LogP contribution < -0.4 is 0 Å². The number of unbranched alkanes of at least 4 members (excludes halogenated alkanes) is 3. The number of hydrogen-bond donors (Lipinski definition) is 0. The summed E-state index contributed by atoms with van der Waals surface area (Å²) in [6, 6.07) is 0. The minimum Gasteiger partial charge on any atom is -0.370 e. The molecule has 0 aliphatic carbocycles. The monoisotopic (exact) mass is 366 g/mol. The smallest absolute Gasteiger partial charge is 0.370 e. The largest absolute Gasteiger partial charge is 0.529 e. The maximum Gasteiger partial charge on any atom is 0.529 e. The van der Waals surface area contributed by atoms with E-state index in [9.17, 15) is 0 Å². The van der Waals surface area contributed by atoms with Crippen LogP contribution in [0.3, 0.4) is 0 Å². The van der Waals surface area contributed by atoms with Crippen LogP contribution in [-0.4, -0.2) is 34.0 Å². The van der Waals surface area contributed by atoms with Crippen LogP contribution >= 0.6 is 15.9 Å². The predicted octanol–water partition coefficient (Wildman–Crippen LogP) is 4.87. The molecule has 0 N–H and O–H groups in total. The molecule has 5 heteroatoms. The second kappa shape index (κ2) is 14.3. The molecule has 0 spiro atoms. The van der Waals surface area contributed by atoms with Crippen LogP contribution in [0, 0.1) is 0 Å². The molecule has 0 aromatic heterocycles. The van der Waals surface area contributed by atoms with Gasteiger partial charge in [0.2, 0.25) is 0 Å². The Balaban J connectivity index is 4.61. The third-order valence-electron chi connectivity index (χ3n) is 2.81. The Morgan fingerprint density at radius 1 is 0.800 bits per heavy atom. The second-order valence-corrected chi connectivity index (χ2v) is 7.82. The molecule has 120 valence electrons. The maximum absolute atomic E-state index is 6.05. The fourth-order valence-corrected chi connectivity index (χ4v) is 4.30. The van der Waals surface area contributed by atoms with Crippen molar-refractivity contribution in [3.63, 3.8) is 0 Å². The third kappa shape index (κ3) is 10.1. The molecular weight excluding hydrogens is 336 g/mol. The summed E-state index contributed by atoms with van der Waals surface area (Å²) in [4.78, 5) is 0. The van der Waals surface area contributed by atoms with Crippen LogP contribution in [0.5, 0.6) is 0 Å². The van der Waals surface area contributed by atoms with Crippen molar-refractivity contribution in [3.05, 3.63) is 11.8 Å². The van der Waals surface area contributed by atoms with Gasteiger partial charge in [-0.05, 0) is 25.0 Å². The summed E-state index contributed by atoms with van der Waals surface area (Å²) in [7, 11) is -2.64. The van der Waals surface area contributed by atoms with Crippen molar-refractivity contribution in [3.8, 4) is 0 Å². The van der Waals surface area contributed by atoms with E-state index in [0.717, 1.165) is 43.9 Å². The van der Waals surface area contributed by atoms with Gasteiger partial charge in [0.25, 0.3) is 0 Å². The summed E-state index contributed by atoms with van der Waals surface area (Å²) in [5.74, 6) is 0. The van der Waals surface area contributed by atoms with Crippen molar-refractivity contribution >= 4 is 24.7 Å². The van der Waals surface area contributed by atoms with Gasteiger partial charge in [-0.25, -0.2) is 0 Å². The second-order valence-electron chi connectivity index (χ2n) is 4.77. The first-order valence-electron chi connectivity index (χ1n) is 7.90. The van der Waals surface area contributed by atoms with Gasteiger partial charge in [-0.1, -0.05) is 62.0 Å². The first kappa shape index (κ1) is 20.3. The molecule has 0 atom stereocenters. The fraction of sp³-hybridized carbons (Fsp3) is 0.867. The Kier molecular flexibility index (Phi) is 14.5. The van der Waals surface area contributed by atoms with Crippen LogP contribution in [0.25, 0.3) is 0 Å². The van der Waals surface area contributed by atoms with Crippen molar-refractivity contribution in [1.29, 1.82) is 0 Å².